The van der Waals surface area contributed by atoms with Crippen molar-refractivity contribution in [1.82, 2.24) is 4.98 Å². The van der Waals surface area contributed by atoms with E-state index in [2.05, 4.69) is 4.98 Å². The molecule has 3 rings (SSSR count). The molecule has 2 heteroatoms. The summed E-state index contributed by atoms with van der Waals surface area (Å²) in [5, 5.41) is 11.6. The van der Waals surface area contributed by atoms with E-state index in [1.807, 2.05) is 67.6 Å². The number of aliphatic hydroxyl groups is 1. The predicted octanol–water partition coefficient (Wildman–Crippen LogP) is 3.62. The first-order valence-corrected chi connectivity index (χ1v) is 6.35. The van der Waals surface area contributed by atoms with Gasteiger partial charge in [0.25, 0.3) is 0 Å². The van der Waals surface area contributed by atoms with Gasteiger partial charge in [-0.15, -0.1) is 0 Å². The number of hydrogen-bond donors (Lipinski definition) is 1. The zero-order chi connectivity index (χ0) is 13.2. The molecule has 2 aromatic carbocycles. The third kappa shape index (κ3) is 2.23. The number of aromatic nitrogens is 1. The highest BCUT2D eigenvalue weighted by Crippen LogP contribution is 2.24. The first kappa shape index (κ1) is 11.9. The molecule has 0 fully saturated rings. The van der Waals surface area contributed by atoms with Crippen molar-refractivity contribution in [2.45, 2.75) is 13.0 Å². The Morgan fingerprint density at radius 3 is 2.47 bits per heavy atom. The molecule has 0 saturated carbocycles. The van der Waals surface area contributed by atoms with Gasteiger partial charge >= 0.3 is 0 Å². The van der Waals surface area contributed by atoms with E-state index in [1.54, 1.807) is 0 Å². The number of benzene rings is 2. The van der Waals surface area contributed by atoms with Crippen LogP contribution >= 0.6 is 0 Å². The second kappa shape index (κ2) is 4.82. The highest BCUT2D eigenvalue weighted by Gasteiger charge is 2.14. The van der Waals surface area contributed by atoms with Crippen LogP contribution in [-0.2, 0) is 0 Å². The van der Waals surface area contributed by atoms with Gasteiger partial charge in [0.2, 0.25) is 0 Å². The topological polar surface area (TPSA) is 33.1 Å². The minimum atomic E-state index is -0.675. The lowest BCUT2D eigenvalue weighted by Crippen LogP contribution is -2.04. The Bertz CT molecular complexity index is 721. The van der Waals surface area contributed by atoms with Crippen molar-refractivity contribution in [1.29, 1.82) is 0 Å². The van der Waals surface area contributed by atoms with Gasteiger partial charge in [0.1, 0.15) is 6.10 Å². The van der Waals surface area contributed by atoms with Gasteiger partial charge in [-0.25, -0.2) is 4.98 Å². The normalized spacial score (nSPS) is 12.5. The van der Waals surface area contributed by atoms with E-state index in [0.29, 0.717) is 5.69 Å². The predicted molar refractivity (Wildman–Crippen MR) is 77.0 cm³/mol. The Hall–Kier alpha value is -2.19. The summed E-state index contributed by atoms with van der Waals surface area (Å²) in [6, 6.07) is 19.7. The summed E-state index contributed by atoms with van der Waals surface area (Å²) in [6.07, 6.45) is -0.675. The molecule has 1 aromatic heterocycles. The molecular formula is C17H15NO. The molecular weight excluding hydrogens is 234 g/mol. The maximum Gasteiger partial charge on any atom is 0.121 e. The Labute approximate surface area is 112 Å². The number of hydrogen-bond acceptors (Lipinski definition) is 2. The van der Waals surface area contributed by atoms with Crippen LogP contribution in [0, 0.1) is 6.92 Å². The van der Waals surface area contributed by atoms with Crippen molar-refractivity contribution in [3.05, 3.63) is 77.5 Å². The second-order valence-electron chi connectivity index (χ2n) is 4.69. The summed E-state index contributed by atoms with van der Waals surface area (Å²) >= 11 is 0. The van der Waals surface area contributed by atoms with E-state index < -0.39 is 6.10 Å². The van der Waals surface area contributed by atoms with Gasteiger partial charge in [-0.05, 0) is 30.2 Å². The summed E-state index contributed by atoms with van der Waals surface area (Å²) in [5.41, 5.74) is 3.58. The maximum absolute atomic E-state index is 10.5. The molecule has 0 aliphatic heterocycles. The lowest BCUT2D eigenvalue weighted by molar-refractivity contribution is 0.215. The highest BCUT2D eigenvalue weighted by atomic mass is 16.3. The molecule has 0 bridgehead atoms. The molecule has 0 saturated heterocycles. The number of fused-ring (bicyclic) bond motifs is 1. The molecule has 2 nitrogen and oxygen atoms in total. The van der Waals surface area contributed by atoms with Crippen LogP contribution in [0.3, 0.4) is 0 Å². The van der Waals surface area contributed by atoms with Crippen molar-refractivity contribution >= 4 is 10.9 Å². The molecule has 1 heterocycles. The monoisotopic (exact) mass is 249 g/mol. The summed E-state index contributed by atoms with van der Waals surface area (Å²) in [4.78, 5) is 4.54. The van der Waals surface area contributed by atoms with Crippen molar-refractivity contribution in [3.63, 3.8) is 0 Å². The average molecular weight is 249 g/mol. The van der Waals surface area contributed by atoms with Crippen LogP contribution in [0.4, 0.5) is 0 Å². The zero-order valence-electron chi connectivity index (χ0n) is 10.7. The van der Waals surface area contributed by atoms with Crippen LogP contribution in [0.2, 0.25) is 0 Å². The smallest absolute Gasteiger partial charge is 0.121 e. The molecule has 0 amide bonds. The van der Waals surface area contributed by atoms with Gasteiger partial charge < -0.3 is 5.11 Å². The fraction of sp³-hybridized carbons (Fsp3) is 0.118. The van der Waals surface area contributed by atoms with Crippen LogP contribution in [0.5, 0.6) is 0 Å². The highest BCUT2D eigenvalue weighted by molar-refractivity contribution is 5.78. The molecule has 0 spiro atoms. The number of para-hydroxylation sites is 1. The number of rotatable bonds is 2. The SMILES string of the molecule is Cc1ccccc1C(O)c1ccc2ccccc2n1. The number of pyridine rings is 1. The van der Waals surface area contributed by atoms with Crippen LogP contribution in [0.25, 0.3) is 10.9 Å². The van der Waals surface area contributed by atoms with Gasteiger partial charge in [-0.1, -0.05) is 48.5 Å². The van der Waals surface area contributed by atoms with Crippen molar-refractivity contribution in [2.75, 3.05) is 0 Å². The van der Waals surface area contributed by atoms with E-state index in [-0.39, 0.29) is 0 Å². The van der Waals surface area contributed by atoms with Gasteiger partial charge in [0.05, 0.1) is 11.2 Å². The van der Waals surface area contributed by atoms with E-state index in [9.17, 15) is 5.11 Å². The van der Waals surface area contributed by atoms with Crippen molar-refractivity contribution in [2.24, 2.45) is 0 Å². The van der Waals surface area contributed by atoms with Gasteiger partial charge in [-0.2, -0.15) is 0 Å². The number of aryl methyl sites for hydroxylation is 1. The molecule has 3 aromatic rings. The third-order valence-electron chi connectivity index (χ3n) is 3.38. The maximum atomic E-state index is 10.5. The van der Waals surface area contributed by atoms with Crippen LogP contribution in [0.15, 0.2) is 60.7 Å². The molecule has 94 valence electrons. The zero-order valence-corrected chi connectivity index (χ0v) is 10.7. The lowest BCUT2D eigenvalue weighted by atomic mass is 10.0. The quantitative estimate of drug-likeness (QED) is 0.752. The fourth-order valence-corrected chi connectivity index (χ4v) is 2.29. The Kier molecular flexibility index (Phi) is 3.02. The van der Waals surface area contributed by atoms with E-state index >= 15 is 0 Å². The second-order valence-corrected chi connectivity index (χ2v) is 4.69. The summed E-state index contributed by atoms with van der Waals surface area (Å²) in [5.74, 6) is 0. The Balaban J connectivity index is 2.07. The van der Waals surface area contributed by atoms with E-state index in [0.717, 1.165) is 22.0 Å². The van der Waals surface area contributed by atoms with Gasteiger partial charge in [-0.3, -0.25) is 0 Å². The average Bonchev–Trinajstić information content (AvgIpc) is 2.46. The van der Waals surface area contributed by atoms with E-state index in [1.165, 1.54) is 0 Å². The number of nitrogens with zero attached hydrogens (tertiary/aromatic N) is 1. The minimum absolute atomic E-state index is 0.675. The van der Waals surface area contributed by atoms with Crippen molar-refractivity contribution in [3.8, 4) is 0 Å². The summed E-state index contributed by atoms with van der Waals surface area (Å²) < 4.78 is 0. The van der Waals surface area contributed by atoms with Crippen LogP contribution < -0.4 is 0 Å². The third-order valence-corrected chi connectivity index (χ3v) is 3.38. The largest absolute Gasteiger partial charge is 0.382 e. The molecule has 0 aliphatic carbocycles. The Morgan fingerprint density at radius 2 is 1.63 bits per heavy atom. The molecule has 0 aliphatic rings. The first-order chi connectivity index (χ1) is 9.25. The van der Waals surface area contributed by atoms with Crippen LogP contribution in [-0.4, -0.2) is 10.1 Å². The molecule has 1 atom stereocenters. The molecule has 0 radical (unpaired) electrons. The summed E-state index contributed by atoms with van der Waals surface area (Å²) in [7, 11) is 0. The lowest BCUT2D eigenvalue weighted by Gasteiger charge is -2.13. The first-order valence-electron chi connectivity index (χ1n) is 6.35. The number of aliphatic hydroxyl groups excluding tert-OH is 1. The molecule has 1 N–H and O–H groups in total. The minimum Gasteiger partial charge on any atom is -0.382 e. The van der Waals surface area contributed by atoms with Crippen molar-refractivity contribution < 1.29 is 5.11 Å². The summed E-state index contributed by atoms with van der Waals surface area (Å²) in [6.45, 7) is 2.00. The fourth-order valence-electron chi connectivity index (χ4n) is 2.29. The standard InChI is InChI=1S/C17H15NO/c1-12-6-2-4-8-14(12)17(19)16-11-10-13-7-3-5-9-15(13)18-16/h2-11,17,19H,1H3. The molecule has 19 heavy (non-hydrogen) atoms. The van der Waals surface area contributed by atoms with Gasteiger partial charge in [0, 0.05) is 5.39 Å². The molecule has 1 unspecified atom stereocenters. The van der Waals surface area contributed by atoms with Gasteiger partial charge in [0.15, 0.2) is 0 Å². The van der Waals surface area contributed by atoms with Crippen LogP contribution in [0.1, 0.15) is 22.9 Å². The van der Waals surface area contributed by atoms with E-state index in [4.69, 9.17) is 0 Å². The Morgan fingerprint density at radius 1 is 0.895 bits per heavy atom.